The average molecular weight is 291 g/mol. The molecule has 20 heavy (non-hydrogen) atoms. The van der Waals surface area contributed by atoms with E-state index in [0.29, 0.717) is 17.9 Å². The normalized spacial score (nSPS) is 10.3. The molecular formula is C15H17NO3S. The van der Waals surface area contributed by atoms with Gasteiger partial charge in [0.25, 0.3) is 0 Å². The molecule has 0 amide bonds. The molecule has 0 bridgehead atoms. The molecule has 1 N–H and O–H groups in total. The van der Waals surface area contributed by atoms with Crippen molar-refractivity contribution in [2.75, 3.05) is 18.2 Å². The number of nitrogens with one attached hydrogen (secondary N) is 1. The zero-order chi connectivity index (χ0) is 14.4. The highest BCUT2D eigenvalue weighted by molar-refractivity contribution is 7.99. The van der Waals surface area contributed by atoms with Crippen molar-refractivity contribution < 1.29 is 13.9 Å². The highest BCUT2D eigenvalue weighted by atomic mass is 32.2. The third-order valence-electron chi connectivity index (χ3n) is 2.71. The summed E-state index contributed by atoms with van der Waals surface area (Å²) < 4.78 is 9.98. The van der Waals surface area contributed by atoms with E-state index in [1.54, 1.807) is 17.8 Å². The van der Waals surface area contributed by atoms with Gasteiger partial charge in [0.2, 0.25) is 0 Å². The second kappa shape index (κ2) is 7.05. The number of carbonyl (C=O) groups excluding carboxylic acids is 1. The summed E-state index contributed by atoms with van der Waals surface area (Å²) in [7, 11) is 1.35. The zero-order valence-electron chi connectivity index (χ0n) is 11.5. The van der Waals surface area contributed by atoms with Gasteiger partial charge in [0.1, 0.15) is 12.0 Å². The van der Waals surface area contributed by atoms with E-state index in [-0.39, 0.29) is 5.97 Å². The van der Waals surface area contributed by atoms with Crippen molar-refractivity contribution >= 4 is 23.4 Å². The predicted octanol–water partition coefficient (Wildman–Crippen LogP) is 3.79. The fraction of sp³-hybridized carbons (Fsp3) is 0.267. The highest BCUT2D eigenvalue weighted by Crippen LogP contribution is 2.27. The molecule has 1 heterocycles. The lowest BCUT2D eigenvalue weighted by Crippen LogP contribution is -2.01. The van der Waals surface area contributed by atoms with Crippen LogP contribution in [0.2, 0.25) is 0 Å². The van der Waals surface area contributed by atoms with Crippen LogP contribution in [0.15, 0.2) is 45.9 Å². The van der Waals surface area contributed by atoms with Crippen LogP contribution in [-0.4, -0.2) is 18.8 Å². The van der Waals surface area contributed by atoms with E-state index in [2.05, 4.69) is 23.0 Å². The molecule has 1 aromatic heterocycles. The van der Waals surface area contributed by atoms with E-state index < -0.39 is 0 Å². The maximum Gasteiger partial charge on any atom is 0.341 e. The Bertz CT molecular complexity index is 580. The first kappa shape index (κ1) is 14.5. The lowest BCUT2D eigenvalue weighted by molar-refractivity contribution is 0.0600. The number of rotatable bonds is 6. The van der Waals surface area contributed by atoms with Gasteiger partial charge in [0.05, 0.1) is 19.2 Å². The smallest absolute Gasteiger partial charge is 0.341 e. The first-order valence-electron chi connectivity index (χ1n) is 6.36. The third-order valence-corrected chi connectivity index (χ3v) is 3.67. The standard InChI is InChI=1S/C15H17NO3S/c1-3-20-14-7-5-4-6-13(14)16-9-12-8-11(10-19-12)15(17)18-2/h4-8,10,16H,3,9H2,1-2H3. The van der Waals surface area contributed by atoms with E-state index in [1.165, 1.54) is 18.3 Å². The number of benzene rings is 1. The first-order valence-corrected chi connectivity index (χ1v) is 7.34. The van der Waals surface area contributed by atoms with Crippen molar-refractivity contribution in [3.8, 4) is 0 Å². The molecule has 2 rings (SSSR count). The molecule has 0 saturated heterocycles. The van der Waals surface area contributed by atoms with Crippen LogP contribution in [0.3, 0.4) is 0 Å². The molecular weight excluding hydrogens is 274 g/mol. The lowest BCUT2D eigenvalue weighted by Gasteiger charge is -2.09. The maximum absolute atomic E-state index is 11.3. The second-order valence-corrected chi connectivity index (χ2v) is 5.38. The molecule has 0 aliphatic rings. The van der Waals surface area contributed by atoms with Crippen LogP contribution in [0.25, 0.3) is 0 Å². The summed E-state index contributed by atoms with van der Waals surface area (Å²) in [6, 6.07) is 9.81. The Morgan fingerprint density at radius 3 is 2.95 bits per heavy atom. The minimum absolute atomic E-state index is 0.387. The number of carbonyl (C=O) groups is 1. The Balaban J connectivity index is 2.02. The van der Waals surface area contributed by atoms with E-state index in [0.717, 1.165) is 11.4 Å². The van der Waals surface area contributed by atoms with E-state index in [9.17, 15) is 4.79 Å². The Morgan fingerprint density at radius 1 is 1.40 bits per heavy atom. The number of anilines is 1. The minimum atomic E-state index is -0.387. The predicted molar refractivity (Wildman–Crippen MR) is 80.2 cm³/mol. The average Bonchev–Trinajstić information content (AvgIpc) is 2.95. The number of hydrogen-bond donors (Lipinski definition) is 1. The number of para-hydroxylation sites is 1. The van der Waals surface area contributed by atoms with Crippen LogP contribution in [0.5, 0.6) is 0 Å². The van der Waals surface area contributed by atoms with Crippen LogP contribution in [0.1, 0.15) is 23.0 Å². The number of hydrogen-bond acceptors (Lipinski definition) is 5. The summed E-state index contributed by atoms with van der Waals surface area (Å²) in [6.45, 7) is 2.65. The molecule has 5 heteroatoms. The molecule has 0 aliphatic carbocycles. The minimum Gasteiger partial charge on any atom is -0.467 e. The second-order valence-electron chi connectivity index (χ2n) is 4.08. The van der Waals surface area contributed by atoms with Gasteiger partial charge in [-0.25, -0.2) is 4.79 Å². The fourth-order valence-corrected chi connectivity index (χ4v) is 2.56. The van der Waals surface area contributed by atoms with Crippen molar-refractivity contribution in [2.45, 2.75) is 18.4 Å². The van der Waals surface area contributed by atoms with Gasteiger partial charge < -0.3 is 14.5 Å². The van der Waals surface area contributed by atoms with Gasteiger partial charge in [0, 0.05) is 10.6 Å². The van der Waals surface area contributed by atoms with Crippen molar-refractivity contribution in [1.29, 1.82) is 0 Å². The summed E-state index contributed by atoms with van der Waals surface area (Å²) in [5.74, 6) is 1.33. The summed E-state index contributed by atoms with van der Waals surface area (Å²) >= 11 is 1.78. The van der Waals surface area contributed by atoms with Gasteiger partial charge in [-0.05, 0) is 24.0 Å². The number of furan rings is 1. The summed E-state index contributed by atoms with van der Waals surface area (Å²) in [5, 5.41) is 3.32. The van der Waals surface area contributed by atoms with E-state index in [1.807, 2.05) is 18.2 Å². The maximum atomic E-state index is 11.3. The van der Waals surface area contributed by atoms with E-state index in [4.69, 9.17) is 4.42 Å². The van der Waals surface area contributed by atoms with Gasteiger partial charge in [0.15, 0.2) is 0 Å². The van der Waals surface area contributed by atoms with Crippen molar-refractivity contribution in [3.05, 3.63) is 47.9 Å². The number of thioether (sulfide) groups is 1. The van der Waals surface area contributed by atoms with E-state index >= 15 is 0 Å². The molecule has 0 aliphatic heterocycles. The molecule has 0 radical (unpaired) electrons. The largest absolute Gasteiger partial charge is 0.467 e. The molecule has 0 atom stereocenters. The van der Waals surface area contributed by atoms with Gasteiger partial charge >= 0.3 is 5.97 Å². The topological polar surface area (TPSA) is 51.5 Å². The molecule has 106 valence electrons. The van der Waals surface area contributed by atoms with Crippen LogP contribution in [-0.2, 0) is 11.3 Å². The van der Waals surface area contributed by atoms with Crippen LogP contribution in [0.4, 0.5) is 5.69 Å². The Hall–Kier alpha value is -1.88. The Morgan fingerprint density at radius 2 is 2.20 bits per heavy atom. The summed E-state index contributed by atoms with van der Waals surface area (Å²) in [4.78, 5) is 12.5. The van der Waals surface area contributed by atoms with Gasteiger partial charge in [-0.3, -0.25) is 0 Å². The van der Waals surface area contributed by atoms with Gasteiger partial charge in [-0.2, -0.15) is 0 Å². The molecule has 0 unspecified atom stereocenters. The zero-order valence-corrected chi connectivity index (χ0v) is 12.3. The quantitative estimate of drug-likeness (QED) is 0.648. The van der Waals surface area contributed by atoms with Gasteiger partial charge in [-0.1, -0.05) is 19.1 Å². The summed E-state index contributed by atoms with van der Waals surface area (Å²) in [6.07, 6.45) is 1.41. The number of methoxy groups -OCH3 is 1. The molecule has 4 nitrogen and oxygen atoms in total. The monoisotopic (exact) mass is 291 g/mol. The van der Waals surface area contributed by atoms with Crippen molar-refractivity contribution in [3.63, 3.8) is 0 Å². The SMILES string of the molecule is CCSc1ccccc1NCc1cc(C(=O)OC)co1. The molecule has 2 aromatic rings. The first-order chi connectivity index (χ1) is 9.74. The number of esters is 1. The number of ether oxygens (including phenoxy) is 1. The van der Waals surface area contributed by atoms with Crippen molar-refractivity contribution in [1.82, 2.24) is 0 Å². The Labute approximate surface area is 122 Å². The van der Waals surface area contributed by atoms with Crippen LogP contribution >= 0.6 is 11.8 Å². The third kappa shape index (κ3) is 3.57. The van der Waals surface area contributed by atoms with Crippen LogP contribution in [0, 0.1) is 0 Å². The lowest BCUT2D eigenvalue weighted by atomic mass is 10.3. The molecule has 1 aromatic carbocycles. The molecule has 0 saturated carbocycles. The fourth-order valence-electron chi connectivity index (χ4n) is 1.77. The van der Waals surface area contributed by atoms with Crippen molar-refractivity contribution in [2.24, 2.45) is 0 Å². The van der Waals surface area contributed by atoms with Gasteiger partial charge in [-0.15, -0.1) is 11.8 Å². The molecule has 0 spiro atoms. The summed E-state index contributed by atoms with van der Waals surface area (Å²) in [5.41, 5.74) is 1.50. The molecule has 0 fully saturated rings. The highest BCUT2D eigenvalue weighted by Gasteiger charge is 2.10. The Kier molecular flexibility index (Phi) is 5.12. The van der Waals surface area contributed by atoms with Crippen LogP contribution < -0.4 is 5.32 Å².